The van der Waals surface area contributed by atoms with E-state index in [2.05, 4.69) is 4.52 Å². The van der Waals surface area contributed by atoms with Gasteiger partial charge in [-0.15, -0.1) is 0 Å². The van der Waals surface area contributed by atoms with Gasteiger partial charge >= 0.3 is 7.82 Å². The van der Waals surface area contributed by atoms with Crippen LogP contribution >= 0.6 is 7.82 Å². The third-order valence-corrected chi connectivity index (χ3v) is 9.85. The van der Waals surface area contributed by atoms with Crippen molar-refractivity contribution in [2.45, 2.75) is 123 Å². The molecule has 4 aliphatic heterocycles. The van der Waals surface area contributed by atoms with E-state index in [9.17, 15) is 70.7 Å². The molecule has 26 heteroatoms. The third-order valence-electron chi connectivity index (χ3n) is 8.86. The highest BCUT2D eigenvalue weighted by Crippen LogP contribution is 2.43. The molecule has 0 bridgehead atoms. The summed E-state index contributed by atoms with van der Waals surface area (Å²) in [6.45, 7) is -3.85. The van der Waals surface area contributed by atoms with E-state index >= 15 is 0 Å². The maximum Gasteiger partial charge on any atom is 0.472 e. The Hall–Kier alpha value is -0.730. The fourth-order valence-corrected chi connectivity index (χ4v) is 6.56. The van der Waals surface area contributed by atoms with Gasteiger partial charge in [0.2, 0.25) is 0 Å². The average Bonchev–Trinajstić information content (AvgIpc) is 3.12. The van der Waals surface area contributed by atoms with Crippen LogP contribution < -0.4 is 11.5 Å². The number of ether oxygens (including phenoxy) is 7. The van der Waals surface area contributed by atoms with Gasteiger partial charge in [-0.2, -0.15) is 0 Å². The van der Waals surface area contributed by atoms with Crippen molar-refractivity contribution < 1.29 is 113 Å². The molecule has 306 valence electrons. The lowest BCUT2D eigenvalue weighted by Crippen LogP contribution is -2.66. The Bertz CT molecular complexity index is 1150. The van der Waals surface area contributed by atoms with E-state index in [4.69, 9.17) is 49.1 Å². The summed E-state index contributed by atoms with van der Waals surface area (Å²) in [7, 11) is -4.71. The Morgan fingerprint density at radius 3 is 1.60 bits per heavy atom. The van der Waals surface area contributed by atoms with E-state index in [0.29, 0.717) is 0 Å². The molecule has 0 aromatic heterocycles. The number of nitrogens with two attached hydrogens (primary N) is 2. The first-order valence-electron chi connectivity index (χ1n) is 16.1. The van der Waals surface area contributed by atoms with Crippen LogP contribution in [0, 0.1) is 0 Å². The van der Waals surface area contributed by atoms with Crippen molar-refractivity contribution in [1.82, 2.24) is 0 Å². The lowest BCUT2D eigenvalue weighted by molar-refractivity contribution is -0.376. The second kappa shape index (κ2) is 18.9. The number of hydrogen-bond acceptors (Lipinski definition) is 24. The van der Waals surface area contributed by atoms with E-state index in [-0.39, 0.29) is 13.2 Å². The Labute approximate surface area is 294 Å². The Morgan fingerprint density at radius 2 is 1.06 bits per heavy atom. The molecule has 0 aromatic rings. The fraction of sp³-hybridized carbons (Fsp3) is 1.00. The SMILES string of the molecule is NCCOP(=O)(O)OC[C@H]1O[C@H](O[C@@H]2[C@@H](OC[C@H]3O[C@H](O[C@H]4[C@H](O)[C@@H](N)[C@@H](O)O[C@@H]4CO)[C@@H](O)[C@@H](O)[C@@H]3O)O[C@H](CO)[C@@H](O)[C@@H]2O)[C@@H](O)[C@@H](O)[C@@H]1O. The summed E-state index contributed by atoms with van der Waals surface area (Å²) >= 11 is 0. The van der Waals surface area contributed by atoms with Crippen molar-refractivity contribution in [2.24, 2.45) is 11.5 Å². The van der Waals surface area contributed by atoms with Crippen molar-refractivity contribution >= 4 is 7.82 Å². The molecule has 0 aliphatic carbocycles. The largest absolute Gasteiger partial charge is 0.472 e. The molecule has 0 amide bonds. The molecule has 21 atom stereocenters. The maximum atomic E-state index is 12.1. The van der Waals surface area contributed by atoms with Crippen molar-refractivity contribution in [1.29, 1.82) is 0 Å². The van der Waals surface area contributed by atoms with Crippen molar-refractivity contribution in [3.63, 3.8) is 0 Å². The van der Waals surface area contributed by atoms with Crippen LogP contribution in [-0.4, -0.2) is 229 Å². The zero-order valence-corrected chi connectivity index (χ0v) is 28.2. The number of rotatable bonds is 15. The molecule has 0 spiro atoms. The molecule has 0 radical (unpaired) electrons. The second-order valence-electron chi connectivity index (χ2n) is 12.5. The first-order valence-corrected chi connectivity index (χ1v) is 17.6. The van der Waals surface area contributed by atoms with E-state index in [1.807, 2.05) is 0 Å². The Balaban J connectivity index is 1.48. The van der Waals surface area contributed by atoms with Gasteiger partial charge in [-0.3, -0.25) is 9.05 Å². The summed E-state index contributed by atoms with van der Waals surface area (Å²) in [4.78, 5) is 9.78. The number of aliphatic hydroxyl groups excluding tert-OH is 12. The topological polar surface area (TPSA) is 415 Å². The average molecular weight is 789 g/mol. The number of phosphoric acid groups is 1. The van der Waals surface area contributed by atoms with Gasteiger partial charge in [0.05, 0.1) is 39.1 Å². The number of phosphoric ester groups is 1. The molecule has 0 saturated carbocycles. The fourth-order valence-electron chi connectivity index (χ4n) is 5.81. The lowest BCUT2D eigenvalue weighted by Gasteiger charge is -2.47. The van der Waals surface area contributed by atoms with Crippen molar-refractivity contribution in [3.8, 4) is 0 Å². The van der Waals surface area contributed by atoms with Crippen LogP contribution in [0.3, 0.4) is 0 Å². The zero-order valence-electron chi connectivity index (χ0n) is 27.3. The summed E-state index contributed by atoms with van der Waals surface area (Å²) in [6, 6.07) is -1.42. The van der Waals surface area contributed by atoms with Gasteiger partial charge in [-0.1, -0.05) is 0 Å². The van der Waals surface area contributed by atoms with E-state index in [1.54, 1.807) is 0 Å². The summed E-state index contributed by atoms with van der Waals surface area (Å²) in [5.41, 5.74) is 10.9. The van der Waals surface area contributed by atoms with E-state index in [0.717, 1.165) is 0 Å². The Kier molecular flexibility index (Phi) is 16.0. The first-order chi connectivity index (χ1) is 24.5. The highest BCUT2D eigenvalue weighted by atomic mass is 31.2. The van der Waals surface area contributed by atoms with Crippen LogP contribution in [0.15, 0.2) is 0 Å². The standard InChI is InChI=1S/C26H49N2O23P/c27-1-2-44-52(41,42)45-6-10-14(33)17(36)20(39)25(49-10)51-22-18(37)12(31)7(3-29)47-26(22)43-5-9-13(32)16(35)19(38)24(48-9)50-21-8(4-30)46-23(40)11(28)15(21)34/h7-26,29-40H,1-6,27-28H2,(H,41,42)/t7-,8-,9-,10-,11-,12-,13-,14-,15-,16+,17+,18+,19+,20+,21-,22+,23+,24-,25-,26+/m1/s1. The molecule has 4 fully saturated rings. The smallest absolute Gasteiger partial charge is 0.394 e. The normalized spacial score (nSPS) is 48.7. The van der Waals surface area contributed by atoms with Gasteiger partial charge in [-0.05, 0) is 0 Å². The molecular formula is C26H49N2O23P. The quantitative estimate of drug-likeness (QED) is 0.0685. The van der Waals surface area contributed by atoms with Crippen LogP contribution in [-0.2, 0) is 46.8 Å². The monoisotopic (exact) mass is 788 g/mol. The molecule has 0 aromatic carbocycles. The third kappa shape index (κ3) is 9.98. The predicted molar refractivity (Wildman–Crippen MR) is 160 cm³/mol. The lowest BCUT2D eigenvalue weighted by atomic mass is 9.96. The first kappa shape index (κ1) is 44.0. The molecule has 1 unspecified atom stereocenters. The van der Waals surface area contributed by atoms with Gasteiger partial charge in [0, 0.05) is 6.54 Å². The summed E-state index contributed by atoms with van der Waals surface area (Å²) in [6.07, 6.45) is -34.3. The van der Waals surface area contributed by atoms with E-state index < -0.39 is 157 Å². The minimum atomic E-state index is -4.71. The number of aliphatic hydroxyl groups is 12. The summed E-state index contributed by atoms with van der Waals surface area (Å²) in [5, 5.41) is 125. The molecule has 4 heterocycles. The van der Waals surface area contributed by atoms with Gasteiger partial charge in [0.15, 0.2) is 25.2 Å². The van der Waals surface area contributed by atoms with Gasteiger partial charge in [0.25, 0.3) is 0 Å². The van der Waals surface area contributed by atoms with Gasteiger partial charge < -0.3 is 111 Å². The number of hydrogen-bond donors (Lipinski definition) is 15. The van der Waals surface area contributed by atoms with E-state index in [1.165, 1.54) is 0 Å². The van der Waals surface area contributed by atoms with Gasteiger partial charge in [-0.25, -0.2) is 4.57 Å². The molecule has 52 heavy (non-hydrogen) atoms. The highest BCUT2D eigenvalue weighted by Gasteiger charge is 2.53. The summed E-state index contributed by atoms with van der Waals surface area (Å²) in [5.74, 6) is 0. The minimum Gasteiger partial charge on any atom is -0.394 e. The second-order valence-corrected chi connectivity index (χ2v) is 13.9. The summed E-state index contributed by atoms with van der Waals surface area (Å²) < 4.78 is 59.9. The highest BCUT2D eigenvalue weighted by molar-refractivity contribution is 7.47. The molecule has 25 nitrogen and oxygen atoms in total. The Morgan fingerprint density at radius 1 is 0.558 bits per heavy atom. The minimum absolute atomic E-state index is 0.135. The molecule has 4 aliphatic rings. The molecule has 4 saturated heterocycles. The van der Waals surface area contributed by atoms with Crippen LogP contribution in [0.1, 0.15) is 0 Å². The maximum absolute atomic E-state index is 12.1. The van der Waals surface area contributed by atoms with Crippen LogP contribution in [0.5, 0.6) is 0 Å². The molecule has 4 rings (SSSR count). The van der Waals surface area contributed by atoms with Crippen LogP contribution in [0.25, 0.3) is 0 Å². The van der Waals surface area contributed by atoms with Crippen molar-refractivity contribution in [2.75, 3.05) is 39.6 Å². The van der Waals surface area contributed by atoms with Gasteiger partial charge in [0.1, 0.15) is 91.6 Å². The molecule has 17 N–H and O–H groups in total. The predicted octanol–water partition coefficient (Wildman–Crippen LogP) is -9.68. The van der Waals surface area contributed by atoms with Crippen LogP contribution in [0.2, 0.25) is 0 Å². The van der Waals surface area contributed by atoms with Crippen LogP contribution in [0.4, 0.5) is 0 Å². The van der Waals surface area contributed by atoms with Crippen molar-refractivity contribution in [3.05, 3.63) is 0 Å². The molecular weight excluding hydrogens is 739 g/mol. The zero-order chi connectivity index (χ0) is 38.7.